The summed E-state index contributed by atoms with van der Waals surface area (Å²) >= 11 is 0. The Morgan fingerprint density at radius 2 is 2.20 bits per heavy atom. The number of fused-ring (bicyclic) bond motifs is 1. The minimum atomic E-state index is -0.106. The van der Waals surface area contributed by atoms with E-state index in [0.29, 0.717) is 37.0 Å². The van der Waals surface area contributed by atoms with E-state index in [0.717, 1.165) is 44.5 Å². The number of nitrogens with one attached hydrogen (secondary N) is 1. The highest BCUT2D eigenvalue weighted by atomic mass is 16.5. The van der Waals surface area contributed by atoms with E-state index in [9.17, 15) is 4.79 Å². The quantitative estimate of drug-likeness (QED) is 0.737. The van der Waals surface area contributed by atoms with Crippen LogP contribution >= 0.6 is 0 Å². The molecule has 0 radical (unpaired) electrons. The van der Waals surface area contributed by atoms with E-state index in [4.69, 9.17) is 9.47 Å². The van der Waals surface area contributed by atoms with Crippen molar-refractivity contribution in [3.63, 3.8) is 0 Å². The maximum atomic E-state index is 12.9. The Bertz CT molecular complexity index is 741. The van der Waals surface area contributed by atoms with Gasteiger partial charge in [0, 0.05) is 39.1 Å². The highest BCUT2D eigenvalue weighted by Crippen LogP contribution is 2.16. The summed E-state index contributed by atoms with van der Waals surface area (Å²) < 4.78 is 12.7. The second-order valence-electron chi connectivity index (χ2n) is 6.33. The lowest BCUT2D eigenvalue weighted by molar-refractivity contribution is 0.0699. The van der Waals surface area contributed by atoms with Crippen molar-refractivity contribution in [1.82, 2.24) is 14.5 Å². The molecule has 1 fully saturated rings. The third kappa shape index (κ3) is 4.55. The lowest BCUT2D eigenvalue weighted by Gasteiger charge is -2.22. The predicted molar refractivity (Wildman–Crippen MR) is 96.9 cm³/mol. The summed E-state index contributed by atoms with van der Waals surface area (Å²) in [7, 11) is 0. The van der Waals surface area contributed by atoms with Gasteiger partial charge >= 0.3 is 0 Å². The van der Waals surface area contributed by atoms with Gasteiger partial charge in [0.05, 0.1) is 18.3 Å². The first-order chi connectivity index (χ1) is 12.3. The number of rotatable bonds is 8. The second-order valence-corrected chi connectivity index (χ2v) is 6.33. The molecule has 136 valence electrons. The molecule has 0 spiro atoms. The first-order valence-electron chi connectivity index (χ1n) is 9.03. The Hall–Kier alpha value is -1.99. The van der Waals surface area contributed by atoms with E-state index in [1.807, 2.05) is 6.07 Å². The largest absolute Gasteiger partial charge is 0.381 e. The topological polar surface area (TPSA) is 78.3 Å². The molecule has 3 heterocycles. The van der Waals surface area contributed by atoms with E-state index in [2.05, 4.69) is 22.2 Å². The molecule has 1 saturated heterocycles. The monoisotopic (exact) mass is 346 g/mol. The molecule has 7 nitrogen and oxygen atoms in total. The zero-order valence-corrected chi connectivity index (χ0v) is 14.7. The van der Waals surface area contributed by atoms with E-state index in [-0.39, 0.29) is 5.56 Å². The van der Waals surface area contributed by atoms with Crippen molar-refractivity contribution in [2.45, 2.75) is 32.7 Å². The smallest absolute Gasteiger partial charge is 0.293 e. The summed E-state index contributed by atoms with van der Waals surface area (Å²) in [6.45, 7) is 6.11. The molecule has 0 bridgehead atoms. The molecule has 0 atom stereocenters. The van der Waals surface area contributed by atoms with Crippen molar-refractivity contribution in [1.29, 1.82) is 0 Å². The molecule has 0 unspecified atom stereocenters. The number of anilines is 1. The zero-order valence-electron chi connectivity index (χ0n) is 14.7. The molecule has 0 aliphatic carbocycles. The molecule has 1 aliphatic rings. The van der Waals surface area contributed by atoms with Crippen LogP contribution in [0.3, 0.4) is 0 Å². The van der Waals surface area contributed by atoms with Gasteiger partial charge in [-0.3, -0.25) is 9.78 Å². The molecular weight excluding hydrogens is 320 g/mol. The standard InChI is InChI=1S/C18H26N4O3/c1-2-8-24-11-7-22-16-3-6-19-13-15(16)21-17(18(22)23)20-12-14-4-9-25-10-5-14/h3,6,13-14H,2,4-5,7-12H2,1H3,(H,20,21). The van der Waals surface area contributed by atoms with Crippen molar-refractivity contribution < 1.29 is 9.47 Å². The molecule has 0 amide bonds. The fourth-order valence-corrected chi connectivity index (χ4v) is 3.03. The Balaban J connectivity index is 1.79. The van der Waals surface area contributed by atoms with Gasteiger partial charge in [0.1, 0.15) is 5.52 Å². The lowest BCUT2D eigenvalue weighted by atomic mass is 10.0. The molecule has 0 saturated carbocycles. The van der Waals surface area contributed by atoms with Gasteiger partial charge in [-0.2, -0.15) is 0 Å². The highest BCUT2D eigenvalue weighted by molar-refractivity contribution is 5.75. The van der Waals surface area contributed by atoms with Crippen LogP contribution in [0.25, 0.3) is 11.0 Å². The molecule has 25 heavy (non-hydrogen) atoms. The van der Waals surface area contributed by atoms with Crippen LogP contribution in [0.15, 0.2) is 23.3 Å². The Morgan fingerprint density at radius 3 is 3.00 bits per heavy atom. The minimum Gasteiger partial charge on any atom is -0.381 e. The number of aromatic nitrogens is 3. The van der Waals surface area contributed by atoms with E-state index < -0.39 is 0 Å². The number of nitrogens with zero attached hydrogens (tertiary/aromatic N) is 3. The van der Waals surface area contributed by atoms with E-state index in [1.54, 1.807) is 17.0 Å². The summed E-state index contributed by atoms with van der Waals surface area (Å²) in [5.41, 5.74) is 1.40. The molecular formula is C18H26N4O3. The average molecular weight is 346 g/mol. The van der Waals surface area contributed by atoms with Crippen LogP contribution in [-0.2, 0) is 16.0 Å². The third-order valence-electron chi connectivity index (χ3n) is 4.46. The van der Waals surface area contributed by atoms with Gasteiger partial charge in [0.15, 0.2) is 5.82 Å². The van der Waals surface area contributed by atoms with Gasteiger partial charge in [-0.1, -0.05) is 6.92 Å². The zero-order chi connectivity index (χ0) is 17.5. The van der Waals surface area contributed by atoms with Crippen LogP contribution in [0, 0.1) is 5.92 Å². The predicted octanol–water partition coefficient (Wildman–Crippen LogP) is 2.06. The maximum absolute atomic E-state index is 12.9. The molecule has 1 aliphatic heterocycles. The average Bonchev–Trinajstić information content (AvgIpc) is 2.66. The van der Waals surface area contributed by atoms with Crippen LogP contribution in [0.1, 0.15) is 26.2 Å². The number of hydrogen-bond donors (Lipinski definition) is 1. The summed E-state index contributed by atoms with van der Waals surface area (Å²) in [6.07, 6.45) is 6.37. The second kappa shape index (κ2) is 8.92. The van der Waals surface area contributed by atoms with Gasteiger partial charge in [-0.25, -0.2) is 4.98 Å². The number of ether oxygens (including phenoxy) is 2. The minimum absolute atomic E-state index is 0.106. The van der Waals surface area contributed by atoms with Crippen molar-refractivity contribution in [3.05, 3.63) is 28.8 Å². The van der Waals surface area contributed by atoms with Crippen molar-refractivity contribution in [2.24, 2.45) is 5.92 Å². The first-order valence-corrected chi connectivity index (χ1v) is 9.03. The molecule has 3 rings (SSSR count). The fraction of sp³-hybridized carbons (Fsp3) is 0.611. The highest BCUT2D eigenvalue weighted by Gasteiger charge is 2.16. The molecule has 0 aromatic carbocycles. The van der Waals surface area contributed by atoms with E-state index in [1.165, 1.54) is 0 Å². The van der Waals surface area contributed by atoms with E-state index >= 15 is 0 Å². The van der Waals surface area contributed by atoms with Crippen molar-refractivity contribution in [3.8, 4) is 0 Å². The summed E-state index contributed by atoms with van der Waals surface area (Å²) in [5.74, 6) is 0.906. The SMILES string of the molecule is CCCOCCn1c(=O)c(NCC2CCOCC2)nc2cnccc21. The summed E-state index contributed by atoms with van der Waals surface area (Å²) in [5, 5.41) is 3.25. The van der Waals surface area contributed by atoms with Crippen LogP contribution in [0.5, 0.6) is 0 Å². The van der Waals surface area contributed by atoms with Crippen molar-refractivity contribution in [2.75, 3.05) is 38.3 Å². The Kier molecular flexibility index (Phi) is 6.36. The number of hydrogen-bond acceptors (Lipinski definition) is 6. The molecule has 2 aromatic rings. The van der Waals surface area contributed by atoms with Gasteiger partial charge in [-0.15, -0.1) is 0 Å². The molecule has 2 aromatic heterocycles. The Morgan fingerprint density at radius 1 is 1.36 bits per heavy atom. The summed E-state index contributed by atoms with van der Waals surface area (Å²) in [6, 6.07) is 1.83. The van der Waals surface area contributed by atoms with Crippen molar-refractivity contribution >= 4 is 16.9 Å². The normalized spacial score (nSPS) is 15.6. The van der Waals surface area contributed by atoms with Gasteiger partial charge < -0.3 is 19.4 Å². The fourth-order valence-electron chi connectivity index (χ4n) is 3.03. The van der Waals surface area contributed by atoms with Crippen LogP contribution in [-0.4, -0.2) is 47.5 Å². The third-order valence-corrected chi connectivity index (χ3v) is 4.46. The first kappa shape index (κ1) is 17.8. The number of pyridine rings is 1. The Labute approximate surface area is 147 Å². The van der Waals surface area contributed by atoms with Crippen LogP contribution in [0.4, 0.5) is 5.82 Å². The molecule has 7 heteroatoms. The molecule has 1 N–H and O–H groups in total. The van der Waals surface area contributed by atoms with Gasteiger partial charge in [0.2, 0.25) is 0 Å². The maximum Gasteiger partial charge on any atom is 0.293 e. The van der Waals surface area contributed by atoms with Crippen LogP contribution < -0.4 is 10.9 Å². The van der Waals surface area contributed by atoms with Gasteiger partial charge in [0.25, 0.3) is 5.56 Å². The van der Waals surface area contributed by atoms with Gasteiger partial charge in [-0.05, 0) is 31.2 Å². The summed E-state index contributed by atoms with van der Waals surface area (Å²) in [4.78, 5) is 21.5. The lowest BCUT2D eigenvalue weighted by Crippen LogP contribution is -2.30. The van der Waals surface area contributed by atoms with Crippen LogP contribution in [0.2, 0.25) is 0 Å².